The maximum Gasteiger partial charge on any atom is 0.245 e. The third-order valence-electron chi connectivity index (χ3n) is 5.38. The number of hydrogen-bond donors (Lipinski definition) is 1. The van der Waals surface area contributed by atoms with Gasteiger partial charge in [0.15, 0.2) is 5.82 Å². The number of amides is 2. The van der Waals surface area contributed by atoms with Crippen molar-refractivity contribution in [1.29, 1.82) is 0 Å². The Morgan fingerprint density at radius 2 is 1.96 bits per heavy atom. The van der Waals surface area contributed by atoms with Gasteiger partial charge in [0.25, 0.3) is 0 Å². The molecule has 1 saturated heterocycles. The molecular formula is C19H30N4O3. The molecule has 1 aromatic heterocycles. The molecule has 0 radical (unpaired) electrons. The average Bonchev–Trinajstić information content (AvgIpc) is 3.31. The first kappa shape index (κ1) is 18.9. The van der Waals surface area contributed by atoms with E-state index in [1.165, 1.54) is 19.3 Å². The molecule has 7 nitrogen and oxygen atoms in total. The van der Waals surface area contributed by atoms with E-state index >= 15 is 0 Å². The first-order chi connectivity index (χ1) is 12.6. The number of carbonyl (C=O) groups is 2. The predicted octanol–water partition coefficient (Wildman–Crippen LogP) is 2.43. The predicted molar refractivity (Wildman–Crippen MR) is 98.7 cm³/mol. The van der Waals surface area contributed by atoms with Gasteiger partial charge in [-0.1, -0.05) is 24.4 Å². The number of nitrogens with zero attached hydrogens (tertiary/aromatic N) is 3. The summed E-state index contributed by atoms with van der Waals surface area (Å²) in [5.74, 6) is 1.04. The second-order valence-corrected chi connectivity index (χ2v) is 7.51. The van der Waals surface area contributed by atoms with Crippen LogP contribution in [0.5, 0.6) is 0 Å². The Bertz CT molecular complexity index is 604. The number of anilines is 1. The maximum atomic E-state index is 12.9. The Morgan fingerprint density at radius 3 is 2.62 bits per heavy atom. The molecule has 2 amide bonds. The van der Waals surface area contributed by atoms with Gasteiger partial charge in [-0.25, -0.2) is 0 Å². The number of rotatable bonds is 7. The summed E-state index contributed by atoms with van der Waals surface area (Å²) in [6.45, 7) is 5.49. The van der Waals surface area contributed by atoms with E-state index in [0.717, 1.165) is 45.3 Å². The van der Waals surface area contributed by atoms with Crippen LogP contribution in [0, 0.1) is 12.8 Å². The van der Waals surface area contributed by atoms with Crippen molar-refractivity contribution in [3.63, 3.8) is 0 Å². The first-order valence-corrected chi connectivity index (χ1v) is 9.86. The van der Waals surface area contributed by atoms with Gasteiger partial charge in [-0.3, -0.25) is 9.59 Å². The molecule has 0 bridgehead atoms. The quantitative estimate of drug-likeness (QED) is 0.806. The Labute approximate surface area is 155 Å². The van der Waals surface area contributed by atoms with Gasteiger partial charge in [0.2, 0.25) is 11.8 Å². The van der Waals surface area contributed by atoms with Gasteiger partial charge in [-0.05, 0) is 45.7 Å². The molecule has 144 valence electrons. The summed E-state index contributed by atoms with van der Waals surface area (Å²) >= 11 is 0. The Hall–Kier alpha value is -1.89. The summed E-state index contributed by atoms with van der Waals surface area (Å²) in [6, 6.07) is 1.68. The summed E-state index contributed by atoms with van der Waals surface area (Å²) in [5, 5.41) is 6.51. The zero-order chi connectivity index (χ0) is 18.4. The minimum absolute atomic E-state index is 0.0785. The lowest BCUT2D eigenvalue weighted by atomic mass is 10.1. The van der Waals surface area contributed by atoms with E-state index in [0.29, 0.717) is 18.1 Å². The van der Waals surface area contributed by atoms with E-state index in [-0.39, 0.29) is 24.3 Å². The molecule has 26 heavy (non-hydrogen) atoms. The highest BCUT2D eigenvalue weighted by molar-refractivity contribution is 5.94. The molecule has 3 rings (SSSR count). The Morgan fingerprint density at radius 1 is 1.23 bits per heavy atom. The zero-order valence-corrected chi connectivity index (χ0v) is 15.7. The van der Waals surface area contributed by atoms with Crippen LogP contribution in [-0.2, 0) is 9.59 Å². The second-order valence-electron chi connectivity index (χ2n) is 7.51. The van der Waals surface area contributed by atoms with Crippen molar-refractivity contribution in [2.24, 2.45) is 5.92 Å². The SMILES string of the molecule is Cc1cc(NC(=O)CN(CCN2CCCCC2)C(=O)C2CCCC2)no1. The molecule has 0 aromatic carbocycles. The maximum absolute atomic E-state index is 12.9. The summed E-state index contributed by atoms with van der Waals surface area (Å²) in [7, 11) is 0. The average molecular weight is 362 g/mol. The van der Waals surface area contributed by atoms with Gasteiger partial charge >= 0.3 is 0 Å². The number of aryl methyl sites for hydroxylation is 1. The fraction of sp³-hybridized carbons (Fsp3) is 0.737. The van der Waals surface area contributed by atoms with Crippen LogP contribution in [-0.4, -0.2) is 59.5 Å². The standard InChI is InChI=1S/C19H30N4O3/c1-15-13-17(21-26-15)20-18(24)14-23(19(25)16-7-3-4-8-16)12-11-22-9-5-2-6-10-22/h13,16H,2-12,14H2,1H3,(H,20,21,24). The fourth-order valence-electron chi connectivity index (χ4n) is 3.92. The monoisotopic (exact) mass is 362 g/mol. The lowest BCUT2D eigenvalue weighted by Gasteiger charge is -2.31. The van der Waals surface area contributed by atoms with E-state index in [1.807, 2.05) is 0 Å². The third-order valence-corrected chi connectivity index (χ3v) is 5.38. The van der Waals surface area contributed by atoms with E-state index < -0.39 is 0 Å². The number of hydrogen-bond acceptors (Lipinski definition) is 5. The minimum atomic E-state index is -0.219. The van der Waals surface area contributed by atoms with Gasteiger partial charge in [0.05, 0.1) is 6.54 Å². The van der Waals surface area contributed by atoms with Crippen LogP contribution in [0.3, 0.4) is 0 Å². The highest BCUT2D eigenvalue weighted by Gasteiger charge is 2.29. The lowest BCUT2D eigenvalue weighted by molar-refractivity contribution is -0.138. The van der Waals surface area contributed by atoms with Crippen molar-refractivity contribution in [2.45, 2.75) is 51.9 Å². The van der Waals surface area contributed by atoms with Crippen LogP contribution >= 0.6 is 0 Å². The summed E-state index contributed by atoms with van der Waals surface area (Å²) in [6.07, 6.45) is 7.86. The van der Waals surface area contributed by atoms with Crippen LogP contribution in [0.4, 0.5) is 5.82 Å². The lowest BCUT2D eigenvalue weighted by Crippen LogP contribution is -2.45. The fourth-order valence-corrected chi connectivity index (χ4v) is 3.92. The number of nitrogens with one attached hydrogen (secondary N) is 1. The largest absolute Gasteiger partial charge is 0.360 e. The van der Waals surface area contributed by atoms with Crippen molar-refractivity contribution in [3.8, 4) is 0 Å². The normalized spacial score (nSPS) is 18.8. The second kappa shape index (κ2) is 9.16. The van der Waals surface area contributed by atoms with Crippen molar-refractivity contribution >= 4 is 17.6 Å². The minimum Gasteiger partial charge on any atom is -0.360 e. The van der Waals surface area contributed by atoms with Gasteiger partial charge in [0, 0.05) is 25.1 Å². The first-order valence-electron chi connectivity index (χ1n) is 9.86. The van der Waals surface area contributed by atoms with Crippen molar-refractivity contribution in [3.05, 3.63) is 11.8 Å². The molecule has 2 heterocycles. The molecular weight excluding hydrogens is 332 g/mol. The number of piperidine rings is 1. The molecule has 1 aliphatic heterocycles. The van der Waals surface area contributed by atoms with Crippen LogP contribution in [0.1, 0.15) is 50.7 Å². The molecule has 1 saturated carbocycles. The summed E-state index contributed by atoms with van der Waals surface area (Å²) in [4.78, 5) is 29.4. The van der Waals surface area contributed by atoms with Gasteiger partial charge in [-0.2, -0.15) is 0 Å². The molecule has 0 spiro atoms. The number of likely N-dealkylation sites (tertiary alicyclic amines) is 1. The Kier molecular flexibility index (Phi) is 6.66. The van der Waals surface area contributed by atoms with Crippen LogP contribution in [0.2, 0.25) is 0 Å². The Balaban J connectivity index is 1.57. The highest BCUT2D eigenvalue weighted by Crippen LogP contribution is 2.26. The van der Waals surface area contributed by atoms with Crippen LogP contribution in [0.25, 0.3) is 0 Å². The van der Waals surface area contributed by atoms with Crippen LogP contribution in [0.15, 0.2) is 10.6 Å². The number of aromatic nitrogens is 1. The molecule has 1 aromatic rings. The molecule has 2 fully saturated rings. The summed E-state index contributed by atoms with van der Waals surface area (Å²) < 4.78 is 4.97. The van der Waals surface area contributed by atoms with Crippen molar-refractivity contribution in [2.75, 3.05) is 38.0 Å². The summed E-state index contributed by atoms with van der Waals surface area (Å²) in [5.41, 5.74) is 0. The topological polar surface area (TPSA) is 78.7 Å². The van der Waals surface area contributed by atoms with Crippen LogP contribution < -0.4 is 5.32 Å². The smallest absolute Gasteiger partial charge is 0.245 e. The van der Waals surface area contributed by atoms with Crippen molar-refractivity contribution < 1.29 is 14.1 Å². The van der Waals surface area contributed by atoms with E-state index in [9.17, 15) is 9.59 Å². The van der Waals surface area contributed by atoms with Gasteiger partial charge in [-0.15, -0.1) is 0 Å². The van der Waals surface area contributed by atoms with Gasteiger partial charge in [0.1, 0.15) is 5.76 Å². The highest BCUT2D eigenvalue weighted by atomic mass is 16.5. The van der Waals surface area contributed by atoms with Gasteiger partial charge < -0.3 is 19.6 Å². The van der Waals surface area contributed by atoms with E-state index in [4.69, 9.17) is 4.52 Å². The molecule has 0 unspecified atom stereocenters. The molecule has 1 N–H and O–H groups in total. The van der Waals surface area contributed by atoms with Crippen molar-refractivity contribution in [1.82, 2.24) is 15.0 Å². The number of carbonyl (C=O) groups excluding carboxylic acids is 2. The molecule has 1 aliphatic carbocycles. The third kappa shape index (κ3) is 5.30. The van der Waals surface area contributed by atoms with E-state index in [1.54, 1.807) is 17.9 Å². The van der Waals surface area contributed by atoms with E-state index in [2.05, 4.69) is 15.4 Å². The molecule has 0 atom stereocenters. The molecule has 2 aliphatic rings. The molecule has 7 heteroatoms. The zero-order valence-electron chi connectivity index (χ0n) is 15.7.